The number of rotatable bonds is 2. The van der Waals surface area contributed by atoms with Gasteiger partial charge < -0.3 is 0 Å². The zero-order valence-corrected chi connectivity index (χ0v) is 8.82. The first kappa shape index (κ1) is 9.51. The van der Waals surface area contributed by atoms with Gasteiger partial charge in [0, 0.05) is 0 Å². The topological polar surface area (TPSA) is 0 Å². The Hall–Kier alpha value is -1.04. The molecule has 0 aliphatic heterocycles. The quantitative estimate of drug-likeness (QED) is 0.609. The van der Waals surface area contributed by atoms with Crippen molar-refractivity contribution < 1.29 is 0 Å². The molecule has 74 valence electrons. The molecule has 0 heteroatoms. The lowest BCUT2D eigenvalue weighted by molar-refractivity contribution is 0.470. The number of hydrogen-bond acceptors (Lipinski definition) is 0. The lowest BCUT2D eigenvalue weighted by atomic mass is 9.82. The molecule has 1 aromatic rings. The van der Waals surface area contributed by atoms with Crippen LogP contribution in [-0.4, -0.2) is 0 Å². The van der Waals surface area contributed by atoms with Crippen molar-refractivity contribution in [3.05, 3.63) is 48.0 Å². The minimum Gasteiger partial charge on any atom is -0.0882 e. The molecule has 0 saturated carbocycles. The monoisotopic (exact) mass is 186 g/mol. The normalized spacial score (nSPS) is 23.4. The van der Waals surface area contributed by atoms with Crippen LogP contribution in [0, 0.1) is 5.92 Å². The molecule has 0 amide bonds. The standard InChI is InChI=1S/C14H18/c1-12(13-8-4-2-5-9-13)14-10-6-3-7-11-14/h2,4-6,8-10,12,14H,3,7,11H2,1H3. The minimum atomic E-state index is 0.674. The summed E-state index contributed by atoms with van der Waals surface area (Å²) in [6.45, 7) is 2.34. The van der Waals surface area contributed by atoms with Gasteiger partial charge in [-0.05, 0) is 36.7 Å². The minimum absolute atomic E-state index is 0.674. The summed E-state index contributed by atoms with van der Waals surface area (Å²) in [4.78, 5) is 0. The van der Waals surface area contributed by atoms with Gasteiger partial charge in [0.1, 0.15) is 0 Å². The fourth-order valence-corrected chi connectivity index (χ4v) is 2.26. The molecule has 1 aliphatic rings. The molecule has 0 heterocycles. The molecular formula is C14H18. The van der Waals surface area contributed by atoms with E-state index in [9.17, 15) is 0 Å². The van der Waals surface area contributed by atoms with E-state index >= 15 is 0 Å². The predicted octanol–water partition coefficient (Wildman–Crippen LogP) is 4.15. The highest BCUT2D eigenvalue weighted by atomic mass is 14.2. The van der Waals surface area contributed by atoms with Crippen LogP contribution in [0.5, 0.6) is 0 Å². The van der Waals surface area contributed by atoms with E-state index in [0.717, 1.165) is 5.92 Å². The Labute approximate surface area is 86.7 Å². The maximum atomic E-state index is 2.40. The zero-order valence-electron chi connectivity index (χ0n) is 8.82. The SMILES string of the molecule is CC(c1ccccc1)C1C=CCCC1. The zero-order chi connectivity index (χ0) is 9.80. The van der Waals surface area contributed by atoms with E-state index in [0.29, 0.717) is 5.92 Å². The summed E-state index contributed by atoms with van der Waals surface area (Å²) in [7, 11) is 0. The highest BCUT2D eigenvalue weighted by Crippen LogP contribution is 2.31. The van der Waals surface area contributed by atoms with E-state index < -0.39 is 0 Å². The average molecular weight is 186 g/mol. The third-order valence-electron chi connectivity index (χ3n) is 3.26. The lowest BCUT2D eigenvalue weighted by Crippen LogP contribution is -2.09. The summed E-state index contributed by atoms with van der Waals surface area (Å²) in [6, 6.07) is 10.9. The molecule has 0 bridgehead atoms. The predicted molar refractivity (Wildman–Crippen MR) is 61.3 cm³/mol. The Bertz CT molecular complexity index is 297. The van der Waals surface area contributed by atoms with Crippen LogP contribution >= 0.6 is 0 Å². The Morgan fingerprint density at radius 1 is 1.21 bits per heavy atom. The molecule has 14 heavy (non-hydrogen) atoms. The van der Waals surface area contributed by atoms with Crippen molar-refractivity contribution >= 4 is 0 Å². The Kier molecular flexibility index (Phi) is 3.03. The van der Waals surface area contributed by atoms with Crippen molar-refractivity contribution in [1.29, 1.82) is 0 Å². The first-order chi connectivity index (χ1) is 6.88. The summed E-state index contributed by atoms with van der Waals surface area (Å²) >= 11 is 0. The van der Waals surface area contributed by atoms with E-state index in [1.54, 1.807) is 0 Å². The highest BCUT2D eigenvalue weighted by molar-refractivity contribution is 5.21. The van der Waals surface area contributed by atoms with E-state index in [1.807, 2.05) is 0 Å². The summed E-state index contributed by atoms with van der Waals surface area (Å²) in [5.74, 6) is 1.43. The third kappa shape index (κ3) is 2.06. The molecule has 1 aromatic carbocycles. The van der Waals surface area contributed by atoms with E-state index in [2.05, 4.69) is 49.4 Å². The molecule has 2 atom stereocenters. The Balaban J connectivity index is 2.11. The van der Waals surface area contributed by atoms with Gasteiger partial charge in [0.15, 0.2) is 0 Å². The Morgan fingerprint density at radius 2 is 2.00 bits per heavy atom. The maximum absolute atomic E-state index is 2.40. The number of allylic oxidation sites excluding steroid dienone is 2. The molecule has 0 saturated heterocycles. The van der Waals surface area contributed by atoms with Crippen LogP contribution in [0.3, 0.4) is 0 Å². The second-order valence-electron chi connectivity index (χ2n) is 4.22. The fraction of sp³-hybridized carbons (Fsp3) is 0.429. The van der Waals surface area contributed by atoms with Crippen LogP contribution in [0.15, 0.2) is 42.5 Å². The van der Waals surface area contributed by atoms with E-state index in [1.165, 1.54) is 24.8 Å². The number of benzene rings is 1. The molecule has 0 N–H and O–H groups in total. The summed E-state index contributed by atoms with van der Waals surface area (Å²) in [5.41, 5.74) is 1.48. The van der Waals surface area contributed by atoms with Gasteiger partial charge in [-0.25, -0.2) is 0 Å². The molecule has 2 rings (SSSR count). The summed E-state index contributed by atoms with van der Waals surface area (Å²) < 4.78 is 0. The average Bonchev–Trinajstić information content (AvgIpc) is 2.30. The molecule has 1 aliphatic carbocycles. The molecule has 0 fully saturated rings. The first-order valence-electron chi connectivity index (χ1n) is 5.59. The van der Waals surface area contributed by atoms with Gasteiger partial charge in [-0.15, -0.1) is 0 Å². The Morgan fingerprint density at radius 3 is 2.64 bits per heavy atom. The van der Waals surface area contributed by atoms with Crippen LogP contribution in [0.1, 0.15) is 37.7 Å². The van der Waals surface area contributed by atoms with Crippen LogP contribution in [-0.2, 0) is 0 Å². The van der Waals surface area contributed by atoms with Crippen LogP contribution in [0.4, 0.5) is 0 Å². The van der Waals surface area contributed by atoms with Crippen LogP contribution in [0.2, 0.25) is 0 Å². The van der Waals surface area contributed by atoms with Crippen molar-refractivity contribution in [3.8, 4) is 0 Å². The van der Waals surface area contributed by atoms with Gasteiger partial charge in [-0.3, -0.25) is 0 Å². The molecule has 0 aromatic heterocycles. The highest BCUT2D eigenvalue weighted by Gasteiger charge is 2.17. The van der Waals surface area contributed by atoms with Crippen LogP contribution < -0.4 is 0 Å². The summed E-state index contributed by atoms with van der Waals surface area (Å²) in [6.07, 6.45) is 8.73. The van der Waals surface area contributed by atoms with Crippen molar-refractivity contribution in [2.24, 2.45) is 5.92 Å². The molecular weight excluding hydrogens is 168 g/mol. The first-order valence-corrected chi connectivity index (χ1v) is 5.59. The van der Waals surface area contributed by atoms with E-state index in [-0.39, 0.29) is 0 Å². The largest absolute Gasteiger partial charge is 0.0882 e. The van der Waals surface area contributed by atoms with Gasteiger partial charge in [0.05, 0.1) is 0 Å². The molecule has 2 unspecified atom stereocenters. The van der Waals surface area contributed by atoms with Crippen molar-refractivity contribution in [1.82, 2.24) is 0 Å². The second-order valence-corrected chi connectivity index (χ2v) is 4.22. The summed E-state index contributed by atoms with van der Waals surface area (Å²) in [5, 5.41) is 0. The van der Waals surface area contributed by atoms with Gasteiger partial charge in [-0.1, -0.05) is 49.4 Å². The van der Waals surface area contributed by atoms with Gasteiger partial charge >= 0.3 is 0 Å². The van der Waals surface area contributed by atoms with Crippen molar-refractivity contribution in [3.63, 3.8) is 0 Å². The maximum Gasteiger partial charge on any atom is -0.0127 e. The molecule has 0 spiro atoms. The van der Waals surface area contributed by atoms with E-state index in [4.69, 9.17) is 0 Å². The lowest BCUT2D eigenvalue weighted by Gasteiger charge is -2.23. The molecule has 0 nitrogen and oxygen atoms in total. The fourth-order valence-electron chi connectivity index (χ4n) is 2.26. The van der Waals surface area contributed by atoms with Gasteiger partial charge in [0.2, 0.25) is 0 Å². The van der Waals surface area contributed by atoms with Crippen LogP contribution in [0.25, 0.3) is 0 Å². The van der Waals surface area contributed by atoms with Gasteiger partial charge in [0.25, 0.3) is 0 Å². The van der Waals surface area contributed by atoms with Crippen molar-refractivity contribution in [2.45, 2.75) is 32.1 Å². The number of hydrogen-bond donors (Lipinski definition) is 0. The van der Waals surface area contributed by atoms with Crippen molar-refractivity contribution in [2.75, 3.05) is 0 Å². The third-order valence-corrected chi connectivity index (χ3v) is 3.26. The second kappa shape index (κ2) is 4.45. The molecule has 0 radical (unpaired) electrons. The van der Waals surface area contributed by atoms with Gasteiger partial charge in [-0.2, -0.15) is 0 Å². The smallest absolute Gasteiger partial charge is 0.0127 e.